The van der Waals surface area contributed by atoms with Gasteiger partial charge in [-0.05, 0) is 33.1 Å². The third-order valence-electron chi connectivity index (χ3n) is 4.56. The second-order valence-electron chi connectivity index (χ2n) is 5.77. The Kier molecular flexibility index (Phi) is 3.38. The van der Waals surface area contributed by atoms with E-state index in [-0.39, 0.29) is 0 Å². The van der Waals surface area contributed by atoms with Gasteiger partial charge in [-0.25, -0.2) is 0 Å². The molecule has 0 fully saturated rings. The van der Waals surface area contributed by atoms with E-state index >= 15 is 0 Å². The number of fused-ring (bicyclic) bond motifs is 1. The molecule has 3 rings (SSSR count). The van der Waals surface area contributed by atoms with Gasteiger partial charge in [-0.3, -0.25) is 9.36 Å². The highest BCUT2D eigenvalue weighted by Gasteiger charge is 2.23. The fraction of sp³-hybridized carbons (Fsp3) is 0.600. The number of nitrogens with zero attached hydrogens (tertiary/aromatic N) is 4. The quantitative estimate of drug-likeness (QED) is 0.929. The van der Waals surface area contributed by atoms with Gasteiger partial charge in [0, 0.05) is 49.2 Å². The molecule has 2 aromatic heterocycles. The molecule has 0 saturated carbocycles. The van der Waals surface area contributed by atoms with Gasteiger partial charge in [-0.2, -0.15) is 10.2 Å². The highest BCUT2D eigenvalue weighted by molar-refractivity contribution is 5.27. The lowest BCUT2D eigenvalue weighted by Crippen LogP contribution is -2.25. The zero-order chi connectivity index (χ0) is 14.3. The Labute approximate surface area is 120 Å². The number of hydrogen-bond acceptors (Lipinski definition) is 3. The number of nitrogens with one attached hydrogen (secondary N) is 1. The van der Waals surface area contributed by atoms with Crippen LogP contribution in [0.4, 0.5) is 0 Å². The molecule has 0 saturated heterocycles. The summed E-state index contributed by atoms with van der Waals surface area (Å²) in [4.78, 5) is 0. The molecule has 1 aliphatic carbocycles. The van der Waals surface area contributed by atoms with Crippen molar-refractivity contribution < 1.29 is 0 Å². The van der Waals surface area contributed by atoms with Crippen molar-refractivity contribution >= 4 is 0 Å². The average molecular weight is 273 g/mol. The van der Waals surface area contributed by atoms with Crippen molar-refractivity contribution in [1.82, 2.24) is 24.9 Å². The van der Waals surface area contributed by atoms with Gasteiger partial charge in [0.2, 0.25) is 0 Å². The Hall–Kier alpha value is -1.62. The van der Waals surface area contributed by atoms with Crippen LogP contribution in [0.5, 0.6) is 0 Å². The molecule has 0 bridgehead atoms. The molecule has 0 spiro atoms. The maximum atomic E-state index is 4.48. The summed E-state index contributed by atoms with van der Waals surface area (Å²) in [6, 6.07) is 0.423. The largest absolute Gasteiger partial charge is 0.306 e. The van der Waals surface area contributed by atoms with Crippen LogP contribution in [0.1, 0.15) is 47.1 Å². The van der Waals surface area contributed by atoms with Crippen LogP contribution in [0, 0.1) is 13.8 Å². The number of aryl methyl sites for hydroxylation is 3. The molecule has 2 heterocycles. The summed E-state index contributed by atoms with van der Waals surface area (Å²) in [5.41, 5.74) is 6.45. The van der Waals surface area contributed by atoms with Gasteiger partial charge >= 0.3 is 0 Å². The van der Waals surface area contributed by atoms with E-state index in [2.05, 4.69) is 29.4 Å². The lowest BCUT2D eigenvalue weighted by Gasteiger charge is -2.24. The predicted octanol–water partition coefficient (Wildman–Crippen LogP) is 1.94. The molecule has 0 aromatic carbocycles. The van der Waals surface area contributed by atoms with Gasteiger partial charge in [0.25, 0.3) is 0 Å². The van der Waals surface area contributed by atoms with Gasteiger partial charge in [0.15, 0.2) is 0 Å². The molecule has 1 atom stereocenters. The van der Waals surface area contributed by atoms with Crippen molar-refractivity contribution in [2.24, 2.45) is 14.1 Å². The fourth-order valence-corrected chi connectivity index (χ4v) is 3.22. The Morgan fingerprint density at radius 3 is 2.80 bits per heavy atom. The molecule has 1 N–H and O–H groups in total. The van der Waals surface area contributed by atoms with E-state index in [4.69, 9.17) is 0 Å². The smallest absolute Gasteiger partial charge is 0.0641 e. The highest BCUT2D eigenvalue weighted by Crippen LogP contribution is 2.29. The van der Waals surface area contributed by atoms with Crippen molar-refractivity contribution in [2.45, 2.75) is 45.7 Å². The van der Waals surface area contributed by atoms with Gasteiger partial charge < -0.3 is 5.32 Å². The maximum absolute atomic E-state index is 4.48. The molecular weight excluding hydrogens is 250 g/mol. The number of aromatic nitrogens is 4. The summed E-state index contributed by atoms with van der Waals surface area (Å²) >= 11 is 0. The van der Waals surface area contributed by atoms with Crippen LogP contribution >= 0.6 is 0 Å². The fourth-order valence-electron chi connectivity index (χ4n) is 3.22. The first-order chi connectivity index (χ1) is 9.58. The summed E-state index contributed by atoms with van der Waals surface area (Å²) in [7, 11) is 4.04. The highest BCUT2D eigenvalue weighted by atomic mass is 15.3. The minimum absolute atomic E-state index is 0.423. The van der Waals surface area contributed by atoms with E-state index in [9.17, 15) is 0 Å². The van der Waals surface area contributed by atoms with Crippen molar-refractivity contribution in [3.63, 3.8) is 0 Å². The molecule has 5 nitrogen and oxygen atoms in total. The Balaban J connectivity index is 1.76. The third-order valence-corrected chi connectivity index (χ3v) is 4.56. The predicted molar refractivity (Wildman–Crippen MR) is 78.4 cm³/mol. The molecule has 2 aromatic rings. The van der Waals surface area contributed by atoms with Gasteiger partial charge in [-0.15, -0.1) is 0 Å². The molecule has 20 heavy (non-hydrogen) atoms. The minimum atomic E-state index is 0.423. The maximum Gasteiger partial charge on any atom is 0.0641 e. The van der Waals surface area contributed by atoms with Gasteiger partial charge in [0.1, 0.15) is 0 Å². The van der Waals surface area contributed by atoms with Gasteiger partial charge in [-0.1, -0.05) is 0 Å². The van der Waals surface area contributed by atoms with E-state index in [1.165, 1.54) is 35.4 Å². The summed E-state index contributed by atoms with van der Waals surface area (Å²) in [5, 5.41) is 12.6. The van der Waals surface area contributed by atoms with Crippen LogP contribution in [0.25, 0.3) is 0 Å². The van der Waals surface area contributed by atoms with E-state index in [0.29, 0.717) is 6.04 Å². The SMILES string of the molecule is Cc1nn(C)c(C)c1CNC1CCCc2c1cnn2C. The summed E-state index contributed by atoms with van der Waals surface area (Å²) in [6.07, 6.45) is 5.59. The topological polar surface area (TPSA) is 47.7 Å². The van der Waals surface area contributed by atoms with Crippen molar-refractivity contribution in [3.8, 4) is 0 Å². The summed E-state index contributed by atoms with van der Waals surface area (Å²) in [6.45, 7) is 5.10. The van der Waals surface area contributed by atoms with E-state index in [1.807, 2.05) is 29.7 Å². The Bertz CT molecular complexity index is 622. The van der Waals surface area contributed by atoms with Crippen LogP contribution < -0.4 is 5.32 Å². The molecule has 0 radical (unpaired) electrons. The van der Waals surface area contributed by atoms with E-state index in [0.717, 1.165) is 18.7 Å². The van der Waals surface area contributed by atoms with Gasteiger partial charge in [0.05, 0.1) is 11.9 Å². The average Bonchev–Trinajstić information content (AvgIpc) is 2.91. The van der Waals surface area contributed by atoms with Crippen LogP contribution in [0.3, 0.4) is 0 Å². The first-order valence-electron chi connectivity index (χ1n) is 7.31. The number of rotatable bonds is 3. The zero-order valence-corrected chi connectivity index (χ0v) is 12.8. The standard InChI is InChI=1S/C15H23N5/c1-10-12(11(2)19(3)18-10)8-16-14-6-5-7-15-13(14)9-17-20(15)4/h9,14,16H,5-8H2,1-4H3. The normalized spacial score (nSPS) is 18.3. The van der Waals surface area contributed by atoms with Crippen LogP contribution in [-0.4, -0.2) is 19.6 Å². The Morgan fingerprint density at radius 2 is 2.10 bits per heavy atom. The lowest BCUT2D eigenvalue weighted by atomic mass is 9.93. The molecular formula is C15H23N5. The van der Waals surface area contributed by atoms with Crippen LogP contribution in [0.15, 0.2) is 6.20 Å². The molecule has 108 valence electrons. The van der Waals surface area contributed by atoms with Crippen molar-refractivity contribution in [2.75, 3.05) is 0 Å². The van der Waals surface area contributed by atoms with Crippen molar-refractivity contribution in [3.05, 3.63) is 34.4 Å². The van der Waals surface area contributed by atoms with E-state index in [1.54, 1.807) is 0 Å². The second-order valence-corrected chi connectivity index (χ2v) is 5.77. The summed E-state index contributed by atoms with van der Waals surface area (Å²) < 4.78 is 3.98. The van der Waals surface area contributed by atoms with Crippen LogP contribution in [0.2, 0.25) is 0 Å². The Morgan fingerprint density at radius 1 is 1.30 bits per heavy atom. The first-order valence-corrected chi connectivity index (χ1v) is 7.31. The second kappa shape index (κ2) is 5.05. The monoisotopic (exact) mass is 273 g/mol. The zero-order valence-electron chi connectivity index (χ0n) is 12.8. The first kappa shape index (κ1) is 13.4. The molecule has 5 heteroatoms. The summed E-state index contributed by atoms with van der Waals surface area (Å²) in [5.74, 6) is 0. The van der Waals surface area contributed by atoms with Crippen LogP contribution in [-0.2, 0) is 27.1 Å². The minimum Gasteiger partial charge on any atom is -0.306 e. The molecule has 0 amide bonds. The third kappa shape index (κ3) is 2.16. The lowest BCUT2D eigenvalue weighted by molar-refractivity contribution is 0.451. The molecule has 1 unspecified atom stereocenters. The molecule has 1 aliphatic rings. The van der Waals surface area contributed by atoms with E-state index < -0.39 is 0 Å². The number of hydrogen-bond donors (Lipinski definition) is 1. The molecule has 0 aliphatic heterocycles. The van der Waals surface area contributed by atoms with Crippen molar-refractivity contribution in [1.29, 1.82) is 0 Å².